The number of carbonyl (C=O) groups excluding carboxylic acids is 2. The highest BCUT2D eigenvalue weighted by molar-refractivity contribution is 5.98. The molecule has 1 amide bonds. The summed E-state index contributed by atoms with van der Waals surface area (Å²) in [4.78, 5) is 24.4. The van der Waals surface area contributed by atoms with E-state index in [1.807, 2.05) is 37.3 Å². The van der Waals surface area contributed by atoms with Crippen molar-refractivity contribution >= 4 is 35.7 Å². The highest BCUT2D eigenvalue weighted by atomic mass is 35.5. The molecule has 2 aromatic rings. The Morgan fingerprint density at radius 2 is 1.78 bits per heavy atom. The number of ether oxygens (including phenoxy) is 1. The SMILES string of the molecule is CCNc1ccc(C(=O)OCC)cc1NC(=O)CC(N)c1ccccc1.Cl. The van der Waals surface area contributed by atoms with Gasteiger partial charge in [-0.15, -0.1) is 12.4 Å². The van der Waals surface area contributed by atoms with Crippen LogP contribution in [0.2, 0.25) is 0 Å². The maximum absolute atomic E-state index is 12.4. The molecule has 0 bridgehead atoms. The first-order valence-corrected chi connectivity index (χ1v) is 8.70. The lowest BCUT2D eigenvalue weighted by molar-refractivity contribution is -0.116. The predicted octanol–water partition coefficient (Wildman–Crippen LogP) is 3.75. The molecule has 0 spiro atoms. The molecule has 146 valence electrons. The maximum atomic E-state index is 12.4. The summed E-state index contributed by atoms with van der Waals surface area (Å²) in [7, 11) is 0. The molecule has 27 heavy (non-hydrogen) atoms. The van der Waals surface area contributed by atoms with Crippen molar-refractivity contribution < 1.29 is 14.3 Å². The van der Waals surface area contributed by atoms with Crippen molar-refractivity contribution in [1.82, 2.24) is 0 Å². The van der Waals surface area contributed by atoms with Crippen LogP contribution in [0, 0.1) is 0 Å². The Balaban J connectivity index is 0.00000364. The zero-order valence-electron chi connectivity index (χ0n) is 15.5. The Morgan fingerprint density at radius 1 is 1.07 bits per heavy atom. The molecule has 0 aliphatic carbocycles. The van der Waals surface area contributed by atoms with Crippen molar-refractivity contribution in [2.45, 2.75) is 26.3 Å². The number of rotatable bonds is 8. The second-order valence-electron chi connectivity index (χ2n) is 5.78. The molecule has 7 heteroatoms. The van der Waals surface area contributed by atoms with Crippen molar-refractivity contribution in [2.24, 2.45) is 5.73 Å². The first-order valence-electron chi connectivity index (χ1n) is 8.70. The third kappa shape index (κ3) is 6.58. The van der Waals surface area contributed by atoms with E-state index in [4.69, 9.17) is 10.5 Å². The van der Waals surface area contributed by atoms with Crippen LogP contribution in [0.1, 0.15) is 42.2 Å². The van der Waals surface area contributed by atoms with Crippen LogP contribution in [0.4, 0.5) is 11.4 Å². The normalized spacial score (nSPS) is 11.1. The Morgan fingerprint density at radius 3 is 2.41 bits per heavy atom. The predicted molar refractivity (Wildman–Crippen MR) is 110 cm³/mol. The number of hydrogen-bond donors (Lipinski definition) is 3. The molecule has 0 heterocycles. The van der Waals surface area contributed by atoms with E-state index in [1.54, 1.807) is 25.1 Å². The number of hydrogen-bond acceptors (Lipinski definition) is 5. The number of anilines is 2. The largest absolute Gasteiger partial charge is 0.462 e. The minimum atomic E-state index is -0.424. The Labute approximate surface area is 165 Å². The second kappa shape index (κ2) is 11.2. The lowest BCUT2D eigenvalue weighted by Gasteiger charge is -2.16. The number of amides is 1. The Hall–Kier alpha value is -2.57. The van der Waals surface area contributed by atoms with E-state index in [0.29, 0.717) is 24.4 Å². The average Bonchev–Trinajstić information content (AvgIpc) is 2.64. The number of nitrogens with one attached hydrogen (secondary N) is 2. The maximum Gasteiger partial charge on any atom is 0.338 e. The highest BCUT2D eigenvalue weighted by Crippen LogP contribution is 2.25. The second-order valence-corrected chi connectivity index (χ2v) is 5.78. The van der Waals surface area contributed by atoms with Gasteiger partial charge < -0.3 is 21.1 Å². The summed E-state index contributed by atoms with van der Waals surface area (Å²) < 4.78 is 5.02. The van der Waals surface area contributed by atoms with Gasteiger partial charge in [-0.3, -0.25) is 4.79 Å². The Kier molecular flexibility index (Phi) is 9.33. The minimum Gasteiger partial charge on any atom is -0.462 e. The van der Waals surface area contributed by atoms with Gasteiger partial charge in [0.1, 0.15) is 0 Å². The molecule has 0 aliphatic heterocycles. The summed E-state index contributed by atoms with van der Waals surface area (Å²) in [6.07, 6.45) is 0.138. The number of benzene rings is 2. The molecule has 6 nitrogen and oxygen atoms in total. The van der Waals surface area contributed by atoms with Gasteiger partial charge in [0, 0.05) is 19.0 Å². The van der Waals surface area contributed by atoms with E-state index in [9.17, 15) is 9.59 Å². The van der Waals surface area contributed by atoms with Gasteiger partial charge in [0.05, 0.1) is 23.5 Å². The molecule has 0 saturated heterocycles. The van der Waals surface area contributed by atoms with Crippen LogP contribution in [0.15, 0.2) is 48.5 Å². The van der Waals surface area contributed by atoms with E-state index in [0.717, 1.165) is 11.3 Å². The van der Waals surface area contributed by atoms with Gasteiger partial charge in [-0.05, 0) is 37.6 Å². The molecule has 0 radical (unpaired) electrons. The fourth-order valence-corrected chi connectivity index (χ4v) is 2.55. The summed E-state index contributed by atoms with van der Waals surface area (Å²) in [5.74, 6) is -0.645. The van der Waals surface area contributed by atoms with Crippen LogP contribution >= 0.6 is 12.4 Å². The van der Waals surface area contributed by atoms with Crippen molar-refractivity contribution in [1.29, 1.82) is 0 Å². The van der Waals surface area contributed by atoms with Gasteiger partial charge in [-0.25, -0.2) is 4.79 Å². The first kappa shape index (κ1) is 22.5. The molecule has 1 unspecified atom stereocenters. The molecular weight excluding hydrogens is 366 g/mol. The van der Waals surface area contributed by atoms with Crippen molar-refractivity contribution in [2.75, 3.05) is 23.8 Å². The molecule has 2 aromatic carbocycles. The summed E-state index contributed by atoms with van der Waals surface area (Å²) >= 11 is 0. The van der Waals surface area contributed by atoms with Gasteiger partial charge in [-0.1, -0.05) is 30.3 Å². The summed E-state index contributed by atoms with van der Waals surface area (Å²) in [6.45, 7) is 4.68. The standard InChI is InChI=1S/C20H25N3O3.ClH/c1-3-22-17-11-10-15(20(25)26-4-2)12-18(17)23-19(24)13-16(21)14-8-6-5-7-9-14;/h5-12,16,22H,3-4,13,21H2,1-2H3,(H,23,24);1H. The summed E-state index contributed by atoms with van der Waals surface area (Å²) in [6, 6.07) is 14.1. The molecule has 0 aliphatic rings. The van der Waals surface area contributed by atoms with Crippen LogP contribution in [0.25, 0.3) is 0 Å². The lowest BCUT2D eigenvalue weighted by Crippen LogP contribution is -2.21. The van der Waals surface area contributed by atoms with Crippen LogP contribution < -0.4 is 16.4 Å². The van der Waals surface area contributed by atoms with E-state index >= 15 is 0 Å². The fraction of sp³-hybridized carbons (Fsp3) is 0.300. The van der Waals surface area contributed by atoms with Gasteiger partial charge in [0.2, 0.25) is 5.91 Å². The lowest BCUT2D eigenvalue weighted by atomic mass is 10.0. The number of halogens is 1. The molecular formula is C20H26ClN3O3. The minimum absolute atomic E-state index is 0. The van der Waals surface area contributed by atoms with E-state index in [2.05, 4.69) is 10.6 Å². The fourth-order valence-electron chi connectivity index (χ4n) is 2.55. The summed E-state index contributed by atoms with van der Waals surface area (Å²) in [5.41, 5.74) is 8.67. The average molecular weight is 392 g/mol. The van der Waals surface area contributed by atoms with E-state index < -0.39 is 12.0 Å². The first-order chi connectivity index (χ1) is 12.5. The van der Waals surface area contributed by atoms with Gasteiger partial charge >= 0.3 is 5.97 Å². The zero-order valence-corrected chi connectivity index (χ0v) is 16.3. The molecule has 2 rings (SSSR count). The molecule has 4 N–H and O–H groups in total. The van der Waals surface area contributed by atoms with Crippen LogP contribution in [-0.2, 0) is 9.53 Å². The third-order valence-electron chi connectivity index (χ3n) is 3.81. The van der Waals surface area contributed by atoms with Gasteiger partial charge in [0.15, 0.2) is 0 Å². The molecule has 0 fully saturated rings. The van der Waals surface area contributed by atoms with Crippen LogP contribution in [0.3, 0.4) is 0 Å². The molecule has 0 aromatic heterocycles. The van der Waals surface area contributed by atoms with E-state index in [1.165, 1.54) is 0 Å². The monoisotopic (exact) mass is 391 g/mol. The topological polar surface area (TPSA) is 93.5 Å². The molecule has 0 saturated carbocycles. The van der Waals surface area contributed by atoms with Crippen LogP contribution in [0.5, 0.6) is 0 Å². The summed E-state index contributed by atoms with van der Waals surface area (Å²) in [5, 5.41) is 6.01. The quantitative estimate of drug-likeness (QED) is 0.596. The van der Waals surface area contributed by atoms with Crippen molar-refractivity contribution in [3.05, 3.63) is 59.7 Å². The Bertz CT molecular complexity index is 753. The van der Waals surface area contributed by atoms with Crippen molar-refractivity contribution in [3.8, 4) is 0 Å². The van der Waals surface area contributed by atoms with Crippen molar-refractivity contribution in [3.63, 3.8) is 0 Å². The number of esters is 1. The van der Waals surface area contributed by atoms with E-state index in [-0.39, 0.29) is 24.7 Å². The van der Waals surface area contributed by atoms with Gasteiger partial charge in [-0.2, -0.15) is 0 Å². The highest BCUT2D eigenvalue weighted by Gasteiger charge is 2.15. The van der Waals surface area contributed by atoms with Gasteiger partial charge in [0.25, 0.3) is 0 Å². The van der Waals surface area contributed by atoms with Crippen LogP contribution in [-0.4, -0.2) is 25.0 Å². The third-order valence-corrected chi connectivity index (χ3v) is 3.81. The number of carbonyl (C=O) groups is 2. The zero-order chi connectivity index (χ0) is 18.9. The molecule has 1 atom stereocenters. The smallest absolute Gasteiger partial charge is 0.338 e. The number of nitrogens with two attached hydrogens (primary N) is 1.